The highest BCUT2D eigenvalue weighted by atomic mass is 32.1. The van der Waals surface area contributed by atoms with E-state index in [-0.39, 0.29) is 18.0 Å². The van der Waals surface area contributed by atoms with Gasteiger partial charge in [0.1, 0.15) is 11.2 Å². The molecular weight excluding hydrogens is 386 g/mol. The summed E-state index contributed by atoms with van der Waals surface area (Å²) in [6.45, 7) is 0.478. The van der Waals surface area contributed by atoms with Crippen molar-refractivity contribution < 1.29 is 4.79 Å². The third kappa shape index (κ3) is 2.82. The highest BCUT2D eigenvalue weighted by Gasteiger charge is 2.26. The van der Waals surface area contributed by atoms with Gasteiger partial charge in [-0.05, 0) is 41.6 Å². The Kier molecular flexibility index (Phi) is 4.17. The monoisotopic (exact) mass is 403 g/mol. The van der Waals surface area contributed by atoms with Gasteiger partial charge in [-0.3, -0.25) is 14.2 Å². The number of aromatic nitrogens is 2. The van der Waals surface area contributed by atoms with Crippen molar-refractivity contribution in [1.82, 2.24) is 9.13 Å². The van der Waals surface area contributed by atoms with Crippen molar-refractivity contribution in [3.05, 3.63) is 92.4 Å². The number of hydrogen-bond donors (Lipinski definition) is 0. The van der Waals surface area contributed by atoms with Crippen molar-refractivity contribution in [1.29, 1.82) is 0 Å². The van der Waals surface area contributed by atoms with Crippen LogP contribution in [0.2, 0.25) is 0 Å². The third-order valence-electron chi connectivity index (χ3n) is 5.25. The van der Waals surface area contributed by atoms with E-state index in [1.807, 2.05) is 30.3 Å². The van der Waals surface area contributed by atoms with Crippen molar-refractivity contribution in [3.8, 4) is 5.69 Å². The van der Waals surface area contributed by atoms with Crippen LogP contribution in [0.4, 0.5) is 5.69 Å². The summed E-state index contributed by atoms with van der Waals surface area (Å²) in [4.78, 5) is 41.0. The lowest BCUT2D eigenvalue weighted by Gasteiger charge is -2.19. The van der Waals surface area contributed by atoms with E-state index in [4.69, 9.17) is 0 Å². The molecule has 0 unspecified atom stereocenters. The number of carbonyl (C=O) groups excluding carboxylic acids is 1. The number of hydrogen-bond acceptors (Lipinski definition) is 4. The Morgan fingerprint density at radius 3 is 2.55 bits per heavy atom. The highest BCUT2D eigenvalue weighted by Crippen LogP contribution is 2.27. The van der Waals surface area contributed by atoms with Crippen molar-refractivity contribution >= 4 is 33.1 Å². The molecule has 5 rings (SSSR count). The molecule has 7 heteroatoms. The van der Waals surface area contributed by atoms with Gasteiger partial charge in [0.15, 0.2) is 0 Å². The second-order valence-electron chi connectivity index (χ2n) is 6.90. The van der Waals surface area contributed by atoms with E-state index in [2.05, 4.69) is 0 Å². The summed E-state index contributed by atoms with van der Waals surface area (Å²) in [5.74, 6) is -0.164. The van der Waals surface area contributed by atoms with Crippen molar-refractivity contribution in [2.24, 2.45) is 0 Å². The normalized spacial score (nSPS) is 13.0. The molecule has 29 heavy (non-hydrogen) atoms. The maximum atomic E-state index is 13.3. The SMILES string of the molecule is O=C(Cn1c(=O)n(-c2ccccc2)c(=O)c2sccc21)N1CCc2ccccc21. The third-order valence-corrected chi connectivity index (χ3v) is 6.14. The maximum absolute atomic E-state index is 13.3. The Morgan fingerprint density at radius 2 is 1.72 bits per heavy atom. The summed E-state index contributed by atoms with van der Waals surface area (Å²) in [7, 11) is 0. The molecule has 1 aliphatic rings. The molecule has 3 heterocycles. The van der Waals surface area contributed by atoms with Gasteiger partial charge in [-0.15, -0.1) is 11.3 Å². The zero-order chi connectivity index (χ0) is 20.0. The molecule has 1 amide bonds. The molecule has 0 bridgehead atoms. The van der Waals surface area contributed by atoms with Crippen molar-refractivity contribution in [3.63, 3.8) is 0 Å². The summed E-state index contributed by atoms with van der Waals surface area (Å²) in [5, 5.41) is 1.77. The van der Waals surface area contributed by atoms with E-state index in [1.165, 1.54) is 15.9 Å². The molecule has 0 atom stereocenters. The molecule has 4 aromatic rings. The second kappa shape index (κ2) is 6.86. The molecule has 2 aromatic heterocycles. The first-order valence-electron chi connectivity index (χ1n) is 9.32. The minimum absolute atomic E-state index is 0.118. The van der Waals surface area contributed by atoms with Crippen LogP contribution in [0.5, 0.6) is 0 Å². The Bertz CT molecular complexity index is 1350. The van der Waals surface area contributed by atoms with Crippen LogP contribution in [-0.2, 0) is 17.8 Å². The smallest absolute Gasteiger partial charge is 0.310 e. The molecule has 2 aromatic carbocycles. The number of benzene rings is 2. The Hall–Kier alpha value is -3.45. The van der Waals surface area contributed by atoms with Crippen molar-refractivity contribution in [2.45, 2.75) is 13.0 Å². The largest absolute Gasteiger partial charge is 0.336 e. The predicted octanol–water partition coefficient (Wildman–Crippen LogP) is 2.80. The first-order valence-corrected chi connectivity index (χ1v) is 10.2. The standard InChI is InChI=1S/C22H17N3O3S/c26-19(23-12-10-15-6-4-5-9-17(15)23)14-24-18-11-13-29-20(18)21(27)25(22(24)28)16-7-2-1-3-8-16/h1-9,11,13H,10,12,14H2. The van der Waals surface area contributed by atoms with E-state index >= 15 is 0 Å². The molecule has 0 fully saturated rings. The van der Waals surface area contributed by atoms with E-state index < -0.39 is 5.69 Å². The number of thiophene rings is 1. The second-order valence-corrected chi connectivity index (χ2v) is 7.82. The molecule has 0 radical (unpaired) electrons. The van der Waals surface area contributed by atoms with Crippen LogP contribution >= 0.6 is 11.3 Å². The van der Waals surface area contributed by atoms with Gasteiger partial charge in [-0.25, -0.2) is 9.36 Å². The summed E-state index contributed by atoms with van der Waals surface area (Å²) in [6, 6.07) is 18.3. The zero-order valence-corrected chi connectivity index (χ0v) is 16.3. The fraction of sp³-hybridized carbons (Fsp3) is 0.136. The van der Waals surface area contributed by atoms with Gasteiger partial charge >= 0.3 is 5.69 Å². The van der Waals surface area contributed by atoms with Crippen LogP contribution in [0.15, 0.2) is 75.6 Å². The van der Waals surface area contributed by atoms with Gasteiger partial charge in [0, 0.05) is 12.2 Å². The number of amides is 1. The molecule has 0 aliphatic carbocycles. The van der Waals surface area contributed by atoms with Crippen LogP contribution < -0.4 is 16.1 Å². The Balaban J connectivity index is 1.63. The summed E-state index contributed by atoms with van der Waals surface area (Å²) in [5.41, 5.74) is 2.14. The Labute approximate surface area is 169 Å². The van der Waals surface area contributed by atoms with Gasteiger partial charge in [0.2, 0.25) is 5.91 Å². The minimum atomic E-state index is -0.507. The van der Waals surface area contributed by atoms with Gasteiger partial charge in [0.05, 0.1) is 11.2 Å². The van der Waals surface area contributed by atoms with E-state index in [1.54, 1.807) is 40.6 Å². The van der Waals surface area contributed by atoms with Gasteiger partial charge in [0.25, 0.3) is 5.56 Å². The number of carbonyl (C=O) groups is 1. The number of nitrogens with zero attached hydrogens (tertiary/aromatic N) is 3. The number of anilines is 1. The van der Waals surface area contributed by atoms with Crippen LogP contribution in [0, 0.1) is 0 Å². The van der Waals surface area contributed by atoms with Crippen LogP contribution in [0.25, 0.3) is 15.9 Å². The Morgan fingerprint density at radius 1 is 0.966 bits per heavy atom. The molecule has 1 aliphatic heterocycles. The summed E-state index contributed by atoms with van der Waals surface area (Å²) < 4.78 is 3.01. The highest BCUT2D eigenvalue weighted by molar-refractivity contribution is 7.17. The van der Waals surface area contributed by atoms with E-state index in [0.717, 1.165) is 22.2 Å². The van der Waals surface area contributed by atoms with Crippen molar-refractivity contribution in [2.75, 3.05) is 11.4 Å². The minimum Gasteiger partial charge on any atom is -0.310 e. The first-order chi connectivity index (χ1) is 14.1. The maximum Gasteiger partial charge on any atom is 0.336 e. The lowest BCUT2D eigenvalue weighted by atomic mass is 10.2. The average Bonchev–Trinajstić information content (AvgIpc) is 3.39. The lowest BCUT2D eigenvalue weighted by Crippen LogP contribution is -2.42. The lowest BCUT2D eigenvalue weighted by molar-refractivity contribution is -0.119. The van der Waals surface area contributed by atoms with Crippen LogP contribution in [0.3, 0.4) is 0 Å². The fourth-order valence-corrected chi connectivity index (χ4v) is 4.69. The number of fused-ring (bicyclic) bond motifs is 2. The molecule has 6 nitrogen and oxygen atoms in total. The average molecular weight is 403 g/mol. The van der Waals surface area contributed by atoms with Gasteiger partial charge < -0.3 is 4.90 Å². The van der Waals surface area contributed by atoms with Crippen LogP contribution in [0.1, 0.15) is 5.56 Å². The topological polar surface area (TPSA) is 64.3 Å². The summed E-state index contributed by atoms with van der Waals surface area (Å²) >= 11 is 1.28. The van der Waals surface area contributed by atoms with E-state index in [9.17, 15) is 14.4 Å². The van der Waals surface area contributed by atoms with Crippen LogP contribution in [-0.4, -0.2) is 21.6 Å². The van der Waals surface area contributed by atoms with Gasteiger partial charge in [-0.1, -0.05) is 36.4 Å². The zero-order valence-electron chi connectivity index (χ0n) is 15.4. The molecule has 0 saturated carbocycles. The molecule has 144 valence electrons. The van der Waals surface area contributed by atoms with Gasteiger partial charge in [-0.2, -0.15) is 0 Å². The summed E-state index contributed by atoms with van der Waals surface area (Å²) in [6.07, 6.45) is 0.800. The number of para-hydroxylation sites is 2. The molecule has 0 N–H and O–H groups in total. The molecule has 0 saturated heterocycles. The molecular formula is C22H17N3O3S. The predicted molar refractivity (Wildman–Crippen MR) is 114 cm³/mol. The van der Waals surface area contributed by atoms with E-state index in [0.29, 0.717) is 22.4 Å². The first kappa shape index (κ1) is 17.6. The molecule has 0 spiro atoms. The quantitative estimate of drug-likeness (QED) is 0.528. The number of rotatable bonds is 3. The fourth-order valence-electron chi connectivity index (χ4n) is 3.86.